The third kappa shape index (κ3) is 2.44. The zero-order valence-electron chi connectivity index (χ0n) is 11.9. The van der Waals surface area contributed by atoms with Gasteiger partial charge in [-0.05, 0) is 31.4 Å². The number of pyridine rings is 1. The molecule has 3 rings (SSSR count). The molecule has 2 aromatic rings. The lowest BCUT2D eigenvalue weighted by atomic mass is 10.1. The molecule has 3 heterocycles. The smallest absolute Gasteiger partial charge is 0.244 e. The fourth-order valence-corrected chi connectivity index (χ4v) is 2.49. The van der Waals surface area contributed by atoms with Crippen LogP contribution < -0.4 is 5.32 Å². The molecule has 2 unspecified atom stereocenters. The van der Waals surface area contributed by atoms with Crippen molar-refractivity contribution in [1.82, 2.24) is 20.4 Å². The average molecular weight is 274 g/mol. The maximum Gasteiger partial charge on any atom is 0.244 e. The van der Waals surface area contributed by atoms with Crippen molar-refractivity contribution < 1.29 is 9.26 Å². The van der Waals surface area contributed by atoms with Crippen LogP contribution in [-0.2, 0) is 4.74 Å². The summed E-state index contributed by atoms with van der Waals surface area (Å²) in [6.07, 6.45) is 2.86. The average Bonchev–Trinajstić information content (AvgIpc) is 3.07. The molecule has 1 N–H and O–H groups in total. The van der Waals surface area contributed by atoms with E-state index >= 15 is 0 Å². The number of hydrogen-bond donors (Lipinski definition) is 1. The molecule has 0 saturated carbocycles. The minimum atomic E-state index is 0.0620. The molecule has 1 fully saturated rings. The molecule has 0 aromatic carbocycles. The molecule has 6 nitrogen and oxygen atoms in total. The SMILES string of the molecule is COC1CNC(c2nc(-c3ncc(C)cc3C)no2)C1. The highest BCUT2D eigenvalue weighted by Gasteiger charge is 2.29. The fraction of sp³-hybridized carbons (Fsp3) is 0.500. The molecule has 106 valence electrons. The van der Waals surface area contributed by atoms with E-state index in [0.29, 0.717) is 11.7 Å². The van der Waals surface area contributed by atoms with E-state index in [2.05, 4.69) is 26.5 Å². The summed E-state index contributed by atoms with van der Waals surface area (Å²) in [5, 5.41) is 7.36. The summed E-state index contributed by atoms with van der Waals surface area (Å²) in [6, 6.07) is 2.12. The Morgan fingerprint density at radius 3 is 2.95 bits per heavy atom. The topological polar surface area (TPSA) is 73.1 Å². The predicted octanol–water partition coefficient (Wildman–Crippen LogP) is 1.80. The van der Waals surface area contributed by atoms with Crippen molar-refractivity contribution in [3.05, 3.63) is 29.3 Å². The Morgan fingerprint density at radius 2 is 2.25 bits per heavy atom. The Labute approximate surface area is 117 Å². The van der Waals surface area contributed by atoms with Gasteiger partial charge in [0.25, 0.3) is 0 Å². The van der Waals surface area contributed by atoms with Crippen molar-refractivity contribution in [2.45, 2.75) is 32.4 Å². The predicted molar refractivity (Wildman–Crippen MR) is 73.2 cm³/mol. The van der Waals surface area contributed by atoms with E-state index in [0.717, 1.165) is 29.8 Å². The monoisotopic (exact) mass is 274 g/mol. The highest BCUT2D eigenvalue weighted by Crippen LogP contribution is 2.26. The van der Waals surface area contributed by atoms with Crippen LogP contribution >= 0.6 is 0 Å². The van der Waals surface area contributed by atoms with Gasteiger partial charge in [0.1, 0.15) is 5.69 Å². The van der Waals surface area contributed by atoms with Crippen LogP contribution in [0.1, 0.15) is 29.5 Å². The Balaban J connectivity index is 1.83. The van der Waals surface area contributed by atoms with Crippen LogP contribution in [0.5, 0.6) is 0 Å². The molecular weight excluding hydrogens is 256 g/mol. The number of nitrogens with one attached hydrogen (secondary N) is 1. The molecule has 2 atom stereocenters. The van der Waals surface area contributed by atoms with Crippen molar-refractivity contribution in [2.75, 3.05) is 13.7 Å². The summed E-state index contributed by atoms with van der Waals surface area (Å²) in [7, 11) is 1.72. The van der Waals surface area contributed by atoms with Crippen LogP contribution in [0.2, 0.25) is 0 Å². The number of hydrogen-bond acceptors (Lipinski definition) is 6. The van der Waals surface area contributed by atoms with Gasteiger partial charge in [0.15, 0.2) is 0 Å². The molecule has 20 heavy (non-hydrogen) atoms. The molecule has 0 amide bonds. The van der Waals surface area contributed by atoms with Crippen molar-refractivity contribution in [3.8, 4) is 11.5 Å². The van der Waals surface area contributed by atoms with E-state index in [4.69, 9.17) is 9.26 Å². The molecule has 0 spiro atoms. The minimum absolute atomic E-state index is 0.0620. The standard InChI is InChI=1S/C14H18N4O2/c1-8-4-9(2)12(16-6-8)13-17-14(20-18-13)11-5-10(19-3)7-15-11/h4,6,10-11,15H,5,7H2,1-3H3. The number of nitrogens with zero attached hydrogens (tertiary/aromatic N) is 3. The van der Waals surface area contributed by atoms with Crippen LogP contribution in [0.3, 0.4) is 0 Å². The van der Waals surface area contributed by atoms with Gasteiger partial charge in [0.2, 0.25) is 11.7 Å². The Morgan fingerprint density at radius 1 is 1.40 bits per heavy atom. The summed E-state index contributed by atoms with van der Waals surface area (Å²) in [5.74, 6) is 1.14. The summed E-state index contributed by atoms with van der Waals surface area (Å²) in [4.78, 5) is 8.85. The number of methoxy groups -OCH3 is 1. The first kappa shape index (κ1) is 13.2. The lowest BCUT2D eigenvalue weighted by molar-refractivity contribution is 0.116. The minimum Gasteiger partial charge on any atom is -0.380 e. The summed E-state index contributed by atoms with van der Waals surface area (Å²) >= 11 is 0. The quantitative estimate of drug-likeness (QED) is 0.920. The highest BCUT2D eigenvalue weighted by molar-refractivity contribution is 5.54. The third-order valence-corrected chi connectivity index (χ3v) is 3.59. The Kier molecular flexibility index (Phi) is 3.50. The maximum atomic E-state index is 5.36. The van der Waals surface area contributed by atoms with Crippen molar-refractivity contribution in [3.63, 3.8) is 0 Å². The van der Waals surface area contributed by atoms with Gasteiger partial charge in [-0.15, -0.1) is 0 Å². The maximum absolute atomic E-state index is 5.36. The first-order valence-corrected chi connectivity index (χ1v) is 6.70. The molecule has 1 saturated heterocycles. The zero-order chi connectivity index (χ0) is 14.1. The molecular formula is C14H18N4O2. The highest BCUT2D eigenvalue weighted by atomic mass is 16.5. The molecule has 1 aliphatic heterocycles. The van der Waals surface area contributed by atoms with Gasteiger partial charge in [0, 0.05) is 19.9 Å². The van der Waals surface area contributed by atoms with E-state index in [1.807, 2.05) is 20.0 Å². The first-order chi connectivity index (χ1) is 9.67. The third-order valence-electron chi connectivity index (χ3n) is 3.59. The second kappa shape index (κ2) is 5.30. The number of aryl methyl sites for hydroxylation is 2. The van der Waals surface area contributed by atoms with Crippen LogP contribution in [0.25, 0.3) is 11.5 Å². The van der Waals surface area contributed by atoms with Crippen molar-refractivity contribution >= 4 is 0 Å². The van der Waals surface area contributed by atoms with Crippen LogP contribution in [0.4, 0.5) is 0 Å². The van der Waals surface area contributed by atoms with E-state index < -0.39 is 0 Å². The molecule has 0 radical (unpaired) electrons. The van der Waals surface area contributed by atoms with E-state index in [1.165, 1.54) is 0 Å². The summed E-state index contributed by atoms with van der Waals surface area (Å²) in [6.45, 7) is 4.82. The van der Waals surface area contributed by atoms with Gasteiger partial charge in [-0.2, -0.15) is 4.98 Å². The van der Waals surface area contributed by atoms with Crippen LogP contribution in [0.15, 0.2) is 16.8 Å². The van der Waals surface area contributed by atoms with E-state index in [9.17, 15) is 0 Å². The Bertz CT molecular complexity index is 611. The zero-order valence-corrected chi connectivity index (χ0v) is 11.9. The van der Waals surface area contributed by atoms with E-state index in [-0.39, 0.29) is 12.1 Å². The van der Waals surface area contributed by atoms with Crippen LogP contribution in [0, 0.1) is 13.8 Å². The fourth-order valence-electron chi connectivity index (χ4n) is 2.49. The lowest BCUT2D eigenvalue weighted by Gasteiger charge is -2.04. The lowest BCUT2D eigenvalue weighted by Crippen LogP contribution is -2.16. The number of ether oxygens (including phenoxy) is 1. The van der Waals surface area contributed by atoms with Gasteiger partial charge in [-0.3, -0.25) is 4.98 Å². The number of aromatic nitrogens is 3. The first-order valence-electron chi connectivity index (χ1n) is 6.70. The van der Waals surface area contributed by atoms with Crippen LogP contribution in [-0.4, -0.2) is 34.9 Å². The molecule has 1 aliphatic rings. The largest absolute Gasteiger partial charge is 0.380 e. The van der Waals surface area contributed by atoms with Gasteiger partial charge >= 0.3 is 0 Å². The van der Waals surface area contributed by atoms with Gasteiger partial charge in [-0.1, -0.05) is 11.2 Å². The van der Waals surface area contributed by atoms with Crippen molar-refractivity contribution in [1.29, 1.82) is 0 Å². The molecule has 2 aromatic heterocycles. The summed E-state index contributed by atoms with van der Waals surface area (Å²) < 4.78 is 10.7. The van der Waals surface area contributed by atoms with Crippen molar-refractivity contribution in [2.24, 2.45) is 0 Å². The van der Waals surface area contributed by atoms with E-state index in [1.54, 1.807) is 7.11 Å². The normalized spacial score (nSPS) is 22.4. The Hall–Kier alpha value is -1.79. The van der Waals surface area contributed by atoms with Gasteiger partial charge < -0.3 is 14.6 Å². The second-order valence-electron chi connectivity index (χ2n) is 5.19. The molecule has 0 bridgehead atoms. The molecule has 6 heteroatoms. The van der Waals surface area contributed by atoms with Gasteiger partial charge in [-0.25, -0.2) is 0 Å². The number of rotatable bonds is 3. The molecule has 0 aliphatic carbocycles. The summed E-state index contributed by atoms with van der Waals surface area (Å²) in [5.41, 5.74) is 2.94. The van der Waals surface area contributed by atoms with Gasteiger partial charge in [0.05, 0.1) is 12.1 Å². The second-order valence-corrected chi connectivity index (χ2v) is 5.19.